The largest absolute Gasteiger partial charge is 0.506 e. The molecule has 9 nitrogen and oxygen atoms in total. The number of fused-ring (bicyclic) bond motifs is 1. The second-order valence-electron chi connectivity index (χ2n) is 8.53. The molecule has 0 radical (unpaired) electrons. The highest BCUT2D eigenvalue weighted by Crippen LogP contribution is 2.43. The van der Waals surface area contributed by atoms with E-state index in [4.69, 9.17) is 0 Å². The van der Waals surface area contributed by atoms with Crippen molar-refractivity contribution in [2.75, 3.05) is 0 Å². The van der Waals surface area contributed by atoms with Gasteiger partial charge in [0.25, 0.3) is 10.1 Å². The second-order valence-corrected chi connectivity index (χ2v) is 9.92. The fourth-order valence-electron chi connectivity index (χ4n) is 4.05. The molecule has 0 saturated heterocycles. The molecule has 10 heteroatoms. The summed E-state index contributed by atoms with van der Waals surface area (Å²) < 4.78 is 34.7. The average molecular weight is 515 g/mol. The van der Waals surface area contributed by atoms with E-state index < -0.39 is 20.8 Å². The third-order valence-electron chi connectivity index (χ3n) is 6.11. The van der Waals surface area contributed by atoms with Crippen molar-refractivity contribution in [1.29, 1.82) is 0 Å². The summed E-state index contributed by atoms with van der Waals surface area (Å²) in [4.78, 5) is -0.449. The number of aromatic nitrogens is 2. The molecule has 4 aromatic carbocycles. The van der Waals surface area contributed by atoms with Gasteiger partial charge in [-0.2, -0.15) is 18.2 Å². The Bertz CT molecular complexity index is 1800. The molecule has 0 saturated carbocycles. The molecule has 0 unspecified atom stereocenters. The highest BCUT2D eigenvalue weighted by molar-refractivity contribution is 7.86. The molecule has 0 bridgehead atoms. The summed E-state index contributed by atoms with van der Waals surface area (Å²) in [6, 6.07) is 22.0. The van der Waals surface area contributed by atoms with Crippen molar-refractivity contribution in [3.8, 4) is 28.6 Å². The molecule has 0 aliphatic carbocycles. The second kappa shape index (κ2) is 9.16. The maximum absolute atomic E-state index is 11.9. The minimum Gasteiger partial charge on any atom is -0.506 e. The predicted molar refractivity (Wildman–Crippen MR) is 140 cm³/mol. The van der Waals surface area contributed by atoms with E-state index in [1.165, 1.54) is 10.7 Å². The summed E-state index contributed by atoms with van der Waals surface area (Å²) in [5, 5.41) is 35.3. The van der Waals surface area contributed by atoms with Crippen LogP contribution >= 0.6 is 0 Å². The molecule has 0 fully saturated rings. The first-order valence-electron chi connectivity index (χ1n) is 11.2. The van der Waals surface area contributed by atoms with Crippen LogP contribution in [0.2, 0.25) is 0 Å². The molecule has 0 spiro atoms. The zero-order valence-corrected chi connectivity index (χ0v) is 20.7. The van der Waals surface area contributed by atoms with Crippen molar-refractivity contribution >= 4 is 32.3 Å². The van der Waals surface area contributed by atoms with Gasteiger partial charge in [0.05, 0.1) is 5.69 Å². The minimum absolute atomic E-state index is 0.0275. The van der Waals surface area contributed by atoms with Gasteiger partial charge < -0.3 is 10.2 Å². The number of aryl methyl sites for hydroxylation is 2. The highest BCUT2D eigenvalue weighted by Gasteiger charge is 2.22. The monoisotopic (exact) mass is 514 g/mol. The van der Waals surface area contributed by atoms with Crippen LogP contribution in [0.3, 0.4) is 0 Å². The fraction of sp³-hybridized carbons (Fsp3) is 0.0741. The third-order valence-corrected chi connectivity index (χ3v) is 7.00. The zero-order valence-electron chi connectivity index (χ0n) is 19.9. The molecular formula is C27H22N4O5S. The number of rotatable bonds is 5. The summed E-state index contributed by atoms with van der Waals surface area (Å²) in [6.45, 7) is 3.95. The van der Waals surface area contributed by atoms with Crippen molar-refractivity contribution < 1.29 is 23.2 Å². The quantitative estimate of drug-likeness (QED) is 0.184. The average Bonchev–Trinajstić information content (AvgIpc) is 3.20. The number of benzene rings is 4. The summed E-state index contributed by atoms with van der Waals surface area (Å²) in [5.41, 5.74) is 3.82. The van der Waals surface area contributed by atoms with Crippen LogP contribution in [0.4, 0.5) is 11.4 Å². The van der Waals surface area contributed by atoms with Gasteiger partial charge in [-0.05, 0) is 37.1 Å². The lowest BCUT2D eigenvalue weighted by Crippen LogP contribution is -1.99. The van der Waals surface area contributed by atoms with Crippen molar-refractivity contribution in [2.24, 2.45) is 10.2 Å². The summed E-state index contributed by atoms with van der Waals surface area (Å²) in [7, 11) is -4.60. The fourth-order valence-corrected chi connectivity index (χ4v) is 4.77. The van der Waals surface area contributed by atoms with Crippen molar-refractivity contribution in [1.82, 2.24) is 9.78 Å². The maximum Gasteiger partial charge on any atom is 0.295 e. The van der Waals surface area contributed by atoms with Crippen LogP contribution < -0.4 is 0 Å². The van der Waals surface area contributed by atoms with E-state index in [-0.39, 0.29) is 28.0 Å². The lowest BCUT2D eigenvalue weighted by molar-refractivity contribution is 0.434. The van der Waals surface area contributed by atoms with Crippen LogP contribution in [-0.2, 0) is 10.1 Å². The SMILES string of the molecule is Cc1ccc(-n2nc(-c3ccccc3)c(N=Nc3c(O)cc(S(=O)(=O)O)c4ccccc34)c2O)cc1C. The first-order chi connectivity index (χ1) is 17.6. The van der Waals surface area contributed by atoms with Crippen LogP contribution in [0.25, 0.3) is 27.7 Å². The van der Waals surface area contributed by atoms with Crippen LogP contribution in [-0.4, -0.2) is 33.0 Å². The van der Waals surface area contributed by atoms with Gasteiger partial charge >= 0.3 is 0 Å². The number of hydrogen-bond acceptors (Lipinski definition) is 7. The summed E-state index contributed by atoms with van der Waals surface area (Å²) in [5.74, 6) is -0.762. The molecule has 0 amide bonds. The Hall–Kier alpha value is -4.54. The zero-order chi connectivity index (χ0) is 26.3. The molecule has 37 heavy (non-hydrogen) atoms. The Kier molecular flexibility index (Phi) is 5.98. The van der Waals surface area contributed by atoms with Gasteiger partial charge in [0, 0.05) is 22.4 Å². The maximum atomic E-state index is 11.9. The van der Waals surface area contributed by atoms with Crippen LogP contribution in [0.1, 0.15) is 11.1 Å². The molecule has 0 aliphatic rings. The number of nitrogens with zero attached hydrogens (tertiary/aromatic N) is 4. The summed E-state index contributed by atoms with van der Waals surface area (Å²) in [6.07, 6.45) is 0. The van der Waals surface area contributed by atoms with E-state index >= 15 is 0 Å². The molecule has 0 aliphatic heterocycles. The molecule has 5 aromatic rings. The number of aromatic hydroxyl groups is 2. The topological polar surface area (TPSA) is 137 Å². The summed E-state index contributed by atoms with van der Waals surface area (Å²) >= 11 is 0. The minimum atomic E-state index is -4.60. The first-order valence-corrected chi connectivity index (χ1v) is 12.7. The van der Waals surface area contributed by atoms with Gasteiger partial charge in [0.15, 0.2) is 5.69 Å². The van der Waals surface area contributed by atoms with E-state index in [2.05, 4.69) is 15.3 Å². The smallest absolute Gasteiger partial charge is 0.295 e. The Balaban J connectivity index is 1.71. The number of phenols is 1. The lowest BCUT2D eigenvalue weighted by Gasteiger charge is -2.08. The number of azo groups is 1. The Morgan fingerprint density at radius 1 is 0.784 bits per heavy atom. The number of phenolic OH excluding ortho intramolecular Hbond substituents is 1. The van der Waals surface area contributed by atoms with Gasteiger partial charge in [-0.25, -0.2) is 0 Å². The first kappa shape index (κ1) is 24.2. The van der Waals surface area contributed by atoms with E-state index in [9.17, 15) is 23.2 Å². The van der Waals surface area contributed by atoms with E-state index in [0.29, 0.717) is 16.9 Å². The van der Waals surface area contributed by atoms with Gasteiger partial charge in [-0.1, -0.05) is 60.7 Å². The van der Waals surface area contributed by atoms with Crippen molar-refractivity contribution in [3.63, 3.8) is 0 Å². The van der Waals surface area contributed by atoms with E-state index in [1.807, 2.05) is 62.4 Å². The van der Waals surface area contributed by atoms with Gasteiger partial charge in [-0.15, -0.1) is 10.2 Å². The van der Waals surface area contributed by atoms with E-state index in [1.54, 1.807) is 18.2 Å². The van der Waals surface area contributed by atoms with Gasteiger partial charge in [0.2, 0.25) is 5.88 Å². The highest BCUT2D eigenvalue weighted by atomic mass is 32.2. The Labute approximate surface area is 212 Å². The van der Waals surface area contributed by atoms with Gasteiger partial charge in [0.1, 0.15) is 22.0 Å². The Morgan fingerprint density at radius 2 is 1.43 bits per heavy atom. The number of hydrogen-bond donors (Lipinski definition) is 3. The predicted octanol–water partition coefficient (Wildman–Crippen LogP) is 6.38. The molecule has 0 atom stereocenters. The molecule has 1 heterocycles. The van der Waals surface area contributed by atoms with Crippen LogP contribution in [0.15, 0.2) is 94.0 Å². The van der Waals surface area contributed by atoms with E-state index in [0.717, 1.165) is 17.2 Å². The molecule has 1 aromatic heterocycles. The Morgan fingerprint density at radius 3 is 2.11 bits per heavy atom. The molecule has 3 N–H and O–H groups in total. The lowest BCUT2D eigenvalue weighted by atomic mass is 10.1. The standard InChI is InChI=1S/C27H22N4O5S/c1-16-12-13-19(14-17(16)2)31-27(33)26(24(30-31)18-8-4-3-5-9-18)29-28-25-21-11-7-6-10-20(21)23(15-22(25)32)37(34,35)36/h3-15,32-33H,1-2H3,(H,34,35,36). The third kappa shape index (κ3) is 4.44. The van der Waals surface area contributed by atoms with Crippen molar-refractivity contribution in [3.05, 3.63) is 90.0 Å². The molecule has 5 rings (SSSR count). The van der Waals surface area contributed by atoms with Gasteiger partial charge in [-0.3, -0.25) is 4.55 Å². The van der Waals surface area contributed by atoms with Crippen molar-refractivity contribution in [2.45, 2.75) is 18.7 Å². The van der Waals surface area contributed by atoms with Crippen LogP contribution in [0, 0.1) is 13.8 Å². The molecular weight excluding hydrogens is 492 g/mol. The van der Waals surface area contributed by atoms with Crippen LogP contribution in [0.5, 0.6) is 11.6 Å². The normalized spacial score (nSPS) is 12.0. The molecule has 186 valence electrons.